The average Bonchev–Trinajstić information content (AvgIpc) is 2.59. The maximum Gasteiger partial charge on any atom is 0.349 e. The number of nitrogens with one attached hydrogen (secondary N) is 2. The number of aliphatic carboxylic acids is 1. The van der Waals surface area contributed by atoms with Gasteiger partial charge >= 0.3 is 11.7 Å². The molecule has 2 aromatic heterocycles. The van der Waals surface area contributed by atoms with Crippen LogP contribution in [0.2, 0.25) is 0 Å². The van der Waals surface area contributed by atoms with Crippen LogP contribution in [0.5, 0.6) is 0 Å². The van der Waals surface area contributed by atoms with E-state index in [2.05, 4.69) is 20.6 Å². The third-order valence-corrected chi connectivity index (χ3v) is 3.60. The summed E-state index contributed by atoms with van der Waals surface area (Å²) in [6, 6.07) is 5.65. The molecule has 0 atom stereocenters. The van der Waals surface area contributed by atoms with Crippen LogP contribution in [0, 0.1) is 6.92 Å². The number of unbranched alkanes of at least 4 members (excludes halogenated alkanes) is 1. The fraction of sp³-hybridized carbons (Fsp3) is 0.412. The molecule has 0 aliphatic heterocycles. The highest BCUT2D eigenvalue weighted by atomic mass is 16.4. The first-order chi connectivity index (χ1) is 12.1. The van der Waals surface area contributed by atoms with E-state index < -0.39 is 5.97 Å². The zero-order valence-electron chi connectivity index (χ0n) is 14.2. The molecule has 0 aliphatic carbocycles. The number of aromatic nitrogens is 3. The molecule has 3 N–H and O–H groups in total. The SMILES string of the molecule is Cc1cn(CCCCC(=O)O)c(=O)nc1NCCNc1ccccn1. The van der Waals surface area contributed by atoms with E-state index in [9.17, 15) is 9.59 Å². The lowest BCUT2D eigenvalue weighted by molar-refractivity contribution is -0.137. The van der Waals surface area contributed by atoms with Gasteiger partial charge in [0.05, 0.1) is 0 Å². The van der Waals surface area contributed by atoms with Gasteiger partial charge in [-0.15, -0.1) is 0 Å². The summed E-state index contributed by atoms with van der Waals surface area (Å²) in [4.78, 5) is 30.8. The molecule has 0 aliphatic rings. The zero-order chi connectivity index (χ0) is 18.1. The van der Waals surface area contributed by atoms with Gasteiger partial charge in [-0.3, -0.25) is 9.36 Å². The standard InChI is InChI=1S/C17H23N5O3/c1-13-12-22(11-5-3-7-15(23)24)17(25)21-16(13)20-10-9-19-14-6-2-4-8-18-14/h2,4,6,8,12H,3,5,7,9-11H2,1H3,(H,18,19)(H,23,24)(H,20,21,25). The Morgan fingerprint density at radius 3 is 2.76 bits per heavy atom. The van der Waals surface area contributed by atoms with Crippen LogP contribution >= 0.6 is 0 Å². The average molecular weight is 345 g/mol. The van der Waals surface area contributed by atoms with Crippen molar-refractivity contribution in [2.45, 2.75) is 32.7 Å². The lowest BCUT2D eigenvalue weighted by Gasteiger charge is -2.12. The van der Waals surface area contributed by atoms with Crippen LogP contribution in [0.1, 0.15) is 24.8 Å². The van der Waals surface area contributed by atoms with Gasteiger partial charge in [0.15, 0.2) is 0 Å². The third-order valence-electron chi connectivity index (χ3n) is 3.60. The molecule has 2 heterocycles. The van der Waals surface area contributed by atoms with E-state index >= 15 is 0 Å². The number of carboxylic acid groups (broad SMARTS) is 1. The van der Waals surface area contributed by atoms with E-state index in [1.54, 1.807) is 12.4 Å². The summed E-state index contributed by atoms with van der Waals surface area (Å²) in [6.45, 7) is 3.61. The molecule has 2 aromatic rings. The monoisotopic (exact) mass is 345 g/mol. The summed E-state index contributed by atoms with van der Waals surface area (Å²) in [5.74, 6) is 0.542. The second-order valence-corrected chi connectivity index (χ2v) is 5.67. The summed E-state index contributed by atoms with van der Waals surface area (Å²) in [5.41, 5.74) is 0.539. The van der Waals surface area contributed by atoms with Crippen molar-refractivity contribution in [2.75, 3.05) is 23.7 Å². The Morgan fingerprint density at radius 2 is 2.04 bits per heavy atom. The van der Waals surface area contributed by atoms with Gasteiger partial charge < -0.3 is 15.7 Å². The van der Waals surface area contributed by atoms with Gasteiger partial charge in [-0.05, 0) is 31.9 Å². The number of carbonyl (C=O) groups is 1. The second-order valence-electron chi connectivity index (χ2n) is 5.67. The van der Waals surface area contributed by atoms with Crippen LogP contribution in [-0.4, -0.2) is 38.7 Å². The molecule has 25 heavy (non-hydrogen) atoms. The Labute approximate surface area is 145 Å². The van der Waals surface area contributed by atoms with Crippen LogP contribution in [0.15, 0.2) is 35.4 Å². The molecule has 0 amide bonds. The zero-order valence-corrected chi connectivity index (χ0v) is 14.2. The number of pyridine rings is 1. The lowest BCUT2D eigenvalue weighted by atomic mass is 10.2. The van der Waals surface area contributed by atoms with Crippen LogP contribution in [-0.2, 0) is 11.3 Å². The molecule has 0 aromatic carbocycles. The number of carboxylic acids is 1. The molecule has 0 spiro atoms. The fourth-order valence-corrected chi connectivity index (χ4v) is 2.33. The summed E-state index contributed by atoms with van der Waals surface area (Å²) >= 11 is 0. The Balaban J connectivity index is 1.82. The molecular weight excluding hydrogens is 322 g/mol. The summed E-state index contributed by atoms with van der Waals surface area (Å²) < 4.78 is 1.52. The highest BCUT2D eigenvalue weighted by Crippen LogP contribution is 2.08. The maximum absolute atomic E-state index is 12.0. The van der Waals surface area contributed by atoms with Gasteiger partial charge in [0.25, 0.3) is 0 Å². The number of anilines is 2. The van der Waals surface area contributed by atoms with Crippen LogP contribution in [0.4, 0.5) is 11.6 Å². The van der Waals surface area contributed by atoms with Crippen molar-refractivity contribution in [1.29, 1.82) is 0 Å². The Kier molecular flexibility index (Phi) is 6.94. The van der Waals surface area contributed by atoms with Gasteiger partial charge in [-0.25, -0.2) is 9.78 Å². The first-order valence-corrected chi connectivity index (χ1v) is 8.25. The van der Waals surface area contributed by atoms with E-state index in [-0.39, 0.29) is 12.1 Å². The van der Waals surface area contributed by atoms with Crippen molar-refractivity contribution in [2.24, 2.45) is 0 Å². The Hall–Kier alpha value is -2.90. The molecule has 0 fully saturated rings. The fourth-order valence-electron chi connectivity index (χ4n) is 2.33. The van der Waals surface area contributed by atoms with Crippen molar-refractivity contribution >= 4 is 17.6 Å². The molecular formula is C17H23N5O3. The molecule has 8 heteroatoms. The largest absolute Gasteiger partial charge is 0.481 e. The predicted octanol–water partition coefficient (Wildman–Crippen LogP) is 1.73. The molecule has 134 valence electrons. The van der Waals surface area contributed by atoms with Gasteiger partial charge in [0.1, 0.15) is 11.6 Å². The topological polar surface area (TPSA) is 109 Å². The predicted molar refractivity (Wildman–Crippen MR) is 95.9 cm³/mol. The van der Waals surface area contributed by atoms with Crippen molar-refractivity contribution in [3.8, 4) is 0 Å². The van der Waals surface area contributed by atoms with Crippen molar-refractivity contribution in [3.05, 3.63) is 46.6 Å². The van der Waals surface area contributed by atoms with Crippen molar-refractivity contribution in [1.82, 2.24) is 14.5 Å². The molecule has 0 radical (unpaired) electrons. The second kappa shape index (κ2) is 9.41. The first kappa shape index (κ1) is 18.4. The molecule has 0 saturated heterocycles. The van der Waals surface area contributed by atoms with E-state index in [4.69, 9.17) is 5.11 Å². The maximum atomic E-state index is 12.0. The molecule has 0 bridgehead atoms. The molecule has 8 nitrogen and oxygen atoms in total. The Bertz CT molecular complexity index is 746. The highest BCUT2D eigenvalue weighted by molar-refractivity contribution is 5.66. The minimum Gasteiger partial charge on any atom is -0.481 e. The van der Waals surface area contributed by atoms with Crippen LogP contribution < -0.4 is 16.3 Å². The van der Waals surface area contributed by atoms with Gasteiger partial charge in [0.2, 0.25) is 0 Å². The van der Waals surface area contributed by atoms with Crippen LogP contribution in [0.25, 0.3) is 0 Å². The number of nitrogens with zero attached hydrogens (tertiary/aromatic N) is 3. The number of hydrogen-bond acceptors (Lipinski definition) is 6. The molecule has 0 unspecified atom stereocenters. The van der Waals surface area contributed by atoms with Gasteiger partial charge in [0, 0.05) is 44.0 Å². The van der Waals surface area contributed by atoms with Crippen molar-refractivity contribution in [3.63, 3.8) is 0 Å². The van der Waals surface area contributed by atoms with Crippen molar-refractivity contribution < 1.29 is 9.90 Å². The minimum atomic E-state index is -0.819. The molecule has 2 rings (SSSR count). The summed E-state index contributed by atoms with van der Waals surface area (Å²) in [5, 5.41) is 14.9. The van der Waals surface area contributed by atoms with E-state index in [1.807, 2.05) is 25.1 Å². The van der Waals surface area contributed by atoms with E-state index in [0.717, 1.165) is 11.4 Å². The quantitative estimate of drug-likeness (QED) is 0.563. The molecule has 0 saturated carbocycles. The van der Waals surface area contributed by atoms with E-state index in [1.165, 1.54) is 4.57 Å². The lowest BCUT2D eigenvalue weighted by Crippen LogP contribution is -2.26. The smallest absolute Gasteiger partial charge is 0.349 e. The summed E-state index contributed by atoms with van der Waals surface area (Å²) in [7, 11) is 0. The van der Waals surface area contributed by atoms with Gasteiger partial charge in [-0.2, -0.15) is 4.98 Å². The normalized spacial score (nSPS) is 10.4. The number of hydrogen-bond donors (Lipinski definition) is 3. The number of aryl methyl sites for hydroxylation is 2. The summed E-state index contributed by atoms with van der Waals surface area (Å²) in [6.07, 6.45) is 4.76. The first-order valence-electron chi connectivity index (χ1n) is 8.25. The van der Waals surface area contributed by atoms with E-state index in [0.29, 0.717) is 38.3 Å². The van der Waals surface area contributed by atoms with Crippen LogP contribution in [0.3, 0.4) is 0 Å². The number of rotatable bonds is 10. The third kappa shape index (κ3) is 6.25. The van der Waals surface area contributed by atoms with Gasteiger partial charge in [-0.1, -0.05) is 6.07 Å². The highest BCUT2D eigenvalue weighted by Gasteiger charge is 2.05. The Morgan fingerprint density at radius 1 is 1.24 bits per heavy atom. The minimum absolute atomic E-state index is 0.115.